The van der Waals surface area contributed by atoms with E-state index < -0.39 is 0 Å². The molecule has 2 N–H and O–H groups in total. The number of rotatable bonds is 2. The molecular weight excluding hydrogens is 192 g/mol. The van der Waals surface area contributed by atoms with Gasteiger partial charge in [0.2, 0.25) is 5.91 Å². The Hall–Kier alpha value is -0.610. The van der Waals surface area contributed by atoms with Crippen LogP contribution in [-0.4, -0.2) is 37.2 Å². The monoisotopic (exact) mass is 212 g/mol. The van der Waals surface area contributed by atoms with Crippen molar-refractivity contribution in [3.05, 3.63) is 0 Å². The van der Waals surface area contributed by atoms with Crippen molar-refractivity contribution in [2.75, 3.05) is 13.2 Å². The number of amides is 1. The average molecular weight is 212 g/mol. The van der Waals surface area contributed by atoms with Crippen LogP contribution in [0.5, 0.6) is 0 Å². The molecule has 2 saturated heterocycles. The fraction of sp³-hybridized carbons (Fsp3) is 0.909. The Kier molecular flexibility index (Phi) is 3.59. The number of carbonyl (C=O) groups excluding carboxylic acids is 1. The van der Waals surface area contributed by atoms with E-state index in [2.05, 4.69) is 10.6 Å². The molecule has 4 nitrogen and oxygen atoms in total. The minimum atomic E-state index is 0.0200. The predicted octanol–water partition coefficient (Wildman–Crippen LogP) is 0.422. The second-order valence-electron chi connectivity index (χ2n) is 4.48. The van der Waals surface area contributed by atoms with Crippen LogP contribution in [0, 0.1) is 0 Å². The van der Waals surface area contributed by atoms with Crippen LogP contribution in [-0.2, 0) is 9.53 Å². The van der Waals surface area contributed by atoms with Crippen molar-refractivity contribution in [1.82, 2.24) is 10.6 Å². The van der Waals surface area contributed by atoms with Crippen molar-refractivity contribution in [3.8, 4) is 0 Å². The minimum Gasteiger partial charge on any atom is -0.376 e. The lowest BCUT2D eigenvalue weighted by Crippen LogP contribution is -2.51. The number of ether oxygens (including phenoxy) is 1. The van der Waals surface area contributed by atoms with E-state index in [1.807, 2.05) is 6.92 Å². The van der Waals surface area contributed by atoms with E-state index in [-0.39, 0.29) is 24.1 Å². The molecule has 0 aromatic rings. The van der Waals surface area contributed by atoms with Gasteiger partial charge in [-0.25, -0.2) is 0 Å². The highest BCUT2D eigenvalue weighted by atomic mass is 16.5. The summed E-state index contributed by atoms with van der Waals surface area (Å²) < 4.78 is 5.42. The summed E-state index contributed by atoms with van der Waals surface area (Å²) in [4.78, 5) is 11.9. The van der Waals surface area contributed by atoms with Gasteiger partial charge in [0, 0.05) is 6.61 Å². The summed E-state index contributed by atoms with van der Waals surface area (Å²) in [6, 6.07) is 0.229. The quantitative estimate of drug-likeness (QED) is 0.697. The molecule has 2 heterocycles. The molecule has 0 radical (unpaired) electrons. The fourth-order valence-electron chi connectivity index (χ4n) is 2.28. The molecule has 2 unspecified atom stereocenters. The van der Waals surface area contributed by atoms with Crippen LogP contribution in [0.4, 0.5) is 0 Å². The second kappa shape index (κ2) is 4.94. The highest BCUT2D eigenvalue weighted by Crippen LogP contribution is 2.14. The molecule has 86 valence electrons. The molecule has 2 aliphatic rings. The van der Waals surface area contributed by atoms with Crippen molar-refractivity contribution in [2.24, 2.45) is 0 Å². The van der Waals surface area contributed by atoms with Crippen molar-refractivity contribution in [2.45, 2.75) is 50.8 Å². The van der Waals surface area contributed by atoms with Gasteiger partial charge in [-0.3, -0.25) is 4.79 Å². The van der Waals surface area contributed by atoms with Crippen LogP contribution in [0.15, 0.2) is 0 Å². The SMILES string of the molecule is CC1OCCC1NC(=O)[C@H]1CCCCN1. The van der Waals surface area contributed by atoms with E-state index in [1.165, 1.54) is 6.42 Å². The Morgan fingerprint density at radius 1 is 1.40 bits per heavy atom. The van der Waals surface area contributed by atoms with E-state index in [0.717, 1.165) is 32.4 Å². The Labute approximate surface area is 90.8 Å². The van der Waals surface area contributed by atoms with E-state index in [9.17, 15) is 4.79 Å². The molecule has 4 heteroatoms. The third-order valence-corrected chi connectivity index (χ3v) is 3.33. The van der Waals surface area contributed by atoms with Crippen LogP contribution >= 0.6 is 0 Å². The van der Waals surface area contributed by atoms with Crippen LogP contribution < -0.4 is 10.6 Å². The first-order valence-corrected chi connectivity index (χ1v) is 5.93. The van der Waals surface area contributed by atoms with E-state index in [0.29, 0.717) is 0 Å². The first kappa shape index (κ1) is 10.9. The molecule has 0 spiro atoms. The van der Waals surface area contributed by atoms with Gasteiger partial charge in [0.25, 0.3) is 0 Å². The third-order valence-electron chi connectivity index (χ3n) is 3.33. The van der Waals surface area contributed by atoms with Gasteiger partial charge in [0.05, 0.1) is 18.2 Å². The Bertz CT molecular complexity index is 227. The maximum Gasteiger partial charge on any atom is 0.237 e. The van der Waals surface area contributed by atoms with Gasteiger partial charge < -0.3 is 15.4 Å². The van der Waals surface area contributed by atoms with Gasteiger partial charge in [0.1, 0.15) is 0 Å². The van der Waals surface area contributed by atoms with Crippen molar-refractivity contribution in [3.63, 3.8) is 0 Å². The molecule has 0 aromatic carbocycles. The number of carbonyl (C=O) groups is 1. The Balaban J connectivity index is 1.80. The molecule has 2 rings (SSSR count). The van der Waals surface area contributed by atoms with Gasteiger partial charge >= 0.3 is 0 Å². The molecule has 0 aliphatic carbocycles. The van der Waals surface area contributed by atoms with Crippen LogP contribution in [0.3, 0.4) is 0 Å². The molecule has 0 saturated carbocycles. The molecule has 2 aliphatic heterocycles. The van der Waals surface area contributed by atoms with Crippen molar-refractivity contribution >= 4 is 5.91 Å². The first-order valence-electron chi connectivity index (χ1n) is 5.93. The number of hydrogen-bond acceptors (Lipinski definition) is 3. The van der Waals surface area contributed by atoms with E-state index >= 15 is 0 Å². The van der Waals surface area contributed by atoms with Crippen molar-refractivity contribution in [1.29, 1.82) is 0 Å². The zero-order chi connectivity index (χ0) is 10.7. The normalized spacial score (nSPS) is 36.5. The second-order valence-corrected chi connectivity index (χ2v) is 4.48. The summed E-state index contributed by atoms with van der Waals surface area (Å²) >= 11 is 0. The minimum absolute atomic E-state index is 0.0200. The molecule has 0 aromatic heterocycles. The summed E-state index contributed by atoms with van der Waals surface area (Å²) in [6.07, 6.45) is 4.42. The van der Waals surface area contributed by atoms with Gasteiger partial charge in [-0.15, -0.1) is 0 Å². The zero-order valence-electron chi connectivity index (χ0n) is 9.29. The molecular formula is C11H20N2O2. The number of hydrogen-bond donors (Lipinski definition) is 2. The summed E-state index contributed by atoms with van der Waals surface area (Å²) in [7, 11) is 0. The molecule has 0 bridgehead atoms. The maximum atomic E-state index is 11.9. The van der Waals surface area contributed by atoms with E-state index in [4.69, 9.17) is 4.74 Å². The average Bonchev–Trinajstić information content (AvgIpc) is 2.66. The summed E-state index contributed by atoms with van der Waals surface area (Å²) in [5, 5.41) is 6.33. The lowest BCUT2D eigenvalue weighted by Gasteiger charge is -2.25. The third kappa shape index (κ3) is 2.69. The molecule has 2 fully saturated rings. The van der Waals surface area contributed by atoms with Crippen LogP contribution in [0.2, 0.25) is 0 Å². The van der Waals surface area contributed by atoms with E-state index in [1.54, 1.807) is 0 Å². The molecule has 1 amide bonds. The van der Waals surface area contributed by atoms with Crippen molar-refractivity contribution < 1.29 is 9.53 Å². The molecule has 3 atom stereocenters. The standard InChI is InChI=1S/C11H20N2O2/c1-8-9(5-7-15-8)13-11(14)10-4-2-3-6-12-10/h8-10,12H,2-7H2,1H3,(H,13,14)/t8?,9?,10-/m1/s1. The van der Waals surface area contributed by atoms with Gasteiger partial charge in [-0.1, -0.05) is 6.42 Å². The Morgan fingerprint density at radius 2 is 2.27 bits per heavy atom. The largest absolute Gasteiger partial charge is 0.376 e. The predicted molar refractivity (Wildman–Crippen MR) is 57.6 cm³/mol. The first-order chi connectivity index (χ1) is 7.27. The molecule has 15 heavy (non-hydrogen) atoms. The van der Waals surface area contributed by atoms with Crippen LogP contribution in [0.1, 0.15) is 32.6 Å². The Morgan fingerprint density at radius 3 is 2.87 bits per heavy atom. The van der Waals surface area contributed by atoms with Gasteiger partial charge in [-0.2, -0.15) is 0 Å². The lowest BCUT2D eigenvalue weighted by molar-refractivity contribution is -0.124. The smallest absolute Gasteiger partial charge is 0.237 e. The zero-order valence-corrected chi connectivity index (χ0v) is 9.29. The maximum absolute atomic E-state index is 11.9. The summed E-state index contributed by atoms with van der Waals surface area (Å²) in [6.45, 7) is 3.76. The topological polar surface area (TPSA) is 50.4 Å². The lowest BCUT2D eigenvalue weighted by atomic mass is 10.0. The fourth-order valence-corrected chi connectivity index (χ4v) is 2.28. The number of piperidine rings is 1. The summed E-state index contributed by atoms with van der Waals surface area (Å²) in [5.74, 6) is 0.150. The van der Waals surface area contributed by atoms with Gasteiger partial charge in [-0.05, 0) is 32.7 Å². The van der Waals surface area contributed by atoms with Gasteiger partial charge in [0.15, 0.2) is 0 Å². The number of nitrogens with one attached hydrogen (secondary N) is 2. The highest BCUT2D eigenvalue weighted by Gasteiger charge is 2.28. The highest BCUT2D eigenvalue weighted by molar-refractivity contribution is 5.82. The van der Waals surface area contributed by atoms with Crippen LogP contribution in [0.25, 0.3) is 0 Å². The summed E-state index contributed by atoms with van der Waals surface area (Å²) in [5.41, 5.74) is 0.